The van der Waals surface area contributed by atoms with Gasteiger partial charge < -0.3 is 39.0 Å². The smallest absolute Gasteiger partial charge is 0.335 e. The molecule has 0 aliphatic carbocycles. The maximum absolute atomic E-state index is 11.9. The maximum atomic E-state index is 11.9. The number of aliphatic carboxylic acids is 1. The van der Waals surface area contributed by atoms with Gasteiger partial charge in [0.1, 0.15) is 36.9 Å². The van der Waals surface area contributed by atoms with E-state index in [0.717, 1.165) is 33.4 Å². The van der Waals surface area contributed by atoms with E-state index in [-0.39, 0.29) is 19.2 Å². The van der Waals surface area contributed by atoms with Crippen LogP contribution in [-0.4, -0.2) is 72.5 Å². The molecular formula is C42H52O10. The van der Waals surface area contributed by atoms with Crippen molar-refractivity contribution in [2.24, 2.45) is 0 Å². The Balaban J connectivity index is 0.000000281. The predicted molar refractivity (Wildman–Crippen MR) is 199 cm³/mol. The third-order valence-corrected chi connectivity index (χ3v) is 7.92. The molecule has 0 radical (unpaired) electrons. The Kier molecular flexibility index (Phi) is 17.8. The van der Waals surface area contributed by atoms with E-state index < -0.39 is 30.4 Å². The van der Waals surface area contributed by atoms with E-state index in [1.165, 1.54) is 0 Å². The van der Waals surface area contributed by atoms with Crippen LogP contribution in [0.3, 0.4) is 0 Å². The summed E-state index contributed by atoms with van der Waals surface area (Å²) in [5.41, 5.74) is 5.64. The molecule has 4 aromatic rings. The van der Waals surface area contributed by atoms with Crippen molar-refractivity contribution in [1.29, 1.82) is 0 Å². The molecule has 10 nitrogen and oxygen atoms in total. The summed E-state index contributed by atoms with van der Waals surface area (Å²) in [7, 11) is 0. The summed E-state index contributed by atoms with van der Waals surface area (Å²) in [5.74, 6) is -0.0299. The van der Waals surface area contributed by atoms with Crippen LogP contribution in [0.4, 0.5) is 0 Å². The Morgan fingerprint density at radius 1 is 0.596 bits per heavy atom. The van der Waals surface area contributed by atoms with Gasteiger partial charge in [-0.15, -0.1) is 0 Å². The number of ether oxygens (including phenoxy) is 5. The predicted octanol–water partition coefficient (Wildman–Crippen LogP) is 6.76. The number of carboxylic acids is 1. The van der Waals surface area contributed by atoms with Crippen LogP contribution in [0.5, 0.6) is 11.5 Å². The zero-order valence-corrected chi connectivity index (χ0v) is 30.7. The highest BCUT2D eigenvalue weighted by atomic mass is 16.6. The molecule has 0 heterocycles. The topological polar surface area (TPSA) is 141 Å². The standard InChI is InChI=1S/C22H28O5.C20H24O5/c1-4-25-21(22(24)26-5-2)14-17-9-11-19(12-10-17)27-15-20(23)18-8-6-7-16(3)13-18;1-3-24-19(20(22)23)12-15-7-9-17(10-8-15)25-13-18(21)16-6-4-5-14(2)11-16/h6-13,20-21,23H,4-5,14-15H2,1-3H3;4-11,18-19,21H,3,12-13H2,1-2H3,(H,22,23)/t20-,21+;18-,19+/m00/s1. The maximum Gasteiger partial charge on any atom is 0.335 e. The van der Waals surface area contributed by atoms with Gasteiger partial charge in [-0.3, -0.25) is 0 Å². The van der Waals surface area contributed by atoms with Gasteiger partial charge in [0.05, 0.1) is 6.61 Å². The first-order valence-electron chi connectivity index (χ1n) is 17.6. The fraction of sp³-hybridized carbons (Fsp3) is 0.381. The van der Waals surface area contributed by atoms with E-state index in [2.05, 4.69) is 0 Å². The average molecular weight is 717 g/mol. The molecule has 0 saturated heterocycles. The van der Waals surface area contributed by atoms with Crippen LogP contribution in [0, 0.1) is 13.8 Å². The number of benzene rings is 4. The highest BCUT2D eigenvalue weighted by Gasteiger charge is 2.21. The van der Waals surface area contributed by atoms with Gasteiger partial charge in [-0.25, -0.2) is 9.59 Å². The first kappa shape index (κ1) is 41.7. The number of aliphatic hydroxyl groups excluding tert-OH is 2. The van der Waals surface area contributed by atoms with Gasteiger partial charge in [-0.2, -0.15) is 0 Å². The number of carbonyl (C=O) groups excluding carboxylic acids is 1. The van der Waals surface area contributed by atoms with Gasteiger partial charge >= 0.3 is 11.9 Å². The molecule has 3 N–H and O–H groups in total. The van der Waals surface area contributed by atoms with Crippen LogP contribution >= 0.6 is 0 Å². The van der Waals surface area contributed by atoms with E-state index in [1.807, 2.05) is 106 Å². The minimum atomic E-state index is -0.969. The SMILES string of the molecule is CCOC(=O)[C@@H](Cc1ccc(OC[C@H](O)c2cccc(C)c2)cc1)OCC.CCO[C@H](Cc1ccc(OC[C@H](O)c2cccc(C)c2)cc1)C(=O)O. The fourth-order valence-corrected chi connectivity index (χ4v) is 5.23. The number of aryl methyl sites for hydroxylation is 2. The summed E-state index contributed by atoms with van der Waals surface area (Å²) < 4.78 is 27.1. The largest absolute Gasteiger partial charge is 0.491 e. The summed E-state index contributed by atoms with van der Waals surface area (Å²) in [6.07, 6.45) is -2.09. The van der Waals surface area contributed by atoms with Crippen LogP contribution in [0.2, 0.25) is 0 Å². The van der Waals surface area contributed by atoms with Crippen molar-refractivity contribution < 1.29 is 48.6 Å². The molecule has 52 heavy (non-hydrogen) atoms. The van der Waals surface area contributed by atoms with Crippen LogP contribution in [0.25, 0.3) is 0 Å². The van der Waals surface area contributed by atoms with Gasteiger partial charge in [0.2, 0.25) is 0 Å². The molecule has 0 unspecified atom stereocenters. The van der Waals surface area contributed by atoms with Crippen LogP contribution in [-0.2, 0) is 36.6 Å². The molecule has 0 amide bonds. The van der Waals surface area contributed by atoms with E-state index in [0.29, 0.717) is 44.2 Å². The Morgan fingerprint density at radius 2 is 1.02 bits per heavy atom. The van der Waals surface area contributed by atoms with Gasteiger partial charge in [0, 0.05) is 26.1 Å². The van der Waals surface area contributed by atoms with Crippen LogP contribution < -0.4 is 9.47 Å². The lowest BCUT2D eigenvalue weighted by Crippen LogP contribution is -2.28. The lowest BCUT2D eigenvalue weighted by atomic mass is 10.1. The molecule has 4 rings (SSSR count). The van der Waals surface area contributed by atoms with Crippen molar-refractivity contribution in [3.8, 4) is 11.5 Å². The quantitative estimate of drug-likeness (QED) is 0.0892. The lowest BCUT2D eigenvalue weighted by molar-refractivity contribution is -0.156. The highest BCUT2D eigenvalue weighted by molar-refractivity contribution is 5.75. The molecule has 4 aromatic carbocycles. The number of aliphatic hydroxyl groups is 2. The molecule has 10 heteroatoms. The number of carboxylic acid groups (broad SMARTS) is 1. The minimum absolute atomic E-state index is 0.152. The zero-order chi connectivity index (χ0) is 37.9. The van der Waals surface area contributed by atoms with Gasteiger partial charge in [-0.05, 0) is 81.1 Å². The number of hydrogen-bond donors (Lipinski definition) is 3. The molecule has 0 bridgehead atoms. The Bertz CT molecular complexity index is 1640. The second kappa shape index (κ2) is 22.3. The monoisotopic (exact) mass is 716 g/mol. The summed E-state index contributed by atoms with van der Waals surface area (Å²) in [4.78, 5) is 23.1. The molecule has 280 valence electrons. The summed E-state index contributed by atoms with van der Waals surface area (Å²) in [5, 5.41) is 29.6. The Hall–Kier alpha value is -4.74. The van der Waals surface area contributed by atoms with Crippen molar-refractivity contribution in [3.05, 3.63) is 130 Å². The number of hydrogen-bond acceptors (Lipinski definition) is 9. The first-order chi connectivity index (χ1) is 25.0. The molecule has 0 aliphatic rings. The van der Waals surface area contributed by atoms with E-state index >= 15 is 0 Å². The van der Waals surface area contributed by atoms with Gasteiger partial charge in [0.25, 0.3) is 0 Å². The van der Waals surface area contributed by atoms with Crippen molar-refractivity contribution >= 4 is 11.9 Å². The van der Waals surface area contributed by atoms with Crippen LogP contribution in [0.1, 0.15) is 66.4 Å². The molecule has 4 atom stereocenters. The van der Waals surface area contributed by atoms with Crippen LogP contribution in [0.15, 0.2) is 97.1 Å². The number of rotatable bonds is 19. The van der Waals surface area contributed by atoms with Gasteiger partial charge in [-0.1, -0.05) is 83.9 Å². The summed E-state index contributed by atoms with van der Waals surface area (Å²) in [6, 6.07) is 30.0. The highest BCUT2D eigenvalue weighted by Crippen LogP contribution is 2.21. The molecule has 0 aromatic heterocycles. The summed E-state index contributed by atoms with van der Waals surface area (Å²) in [6.45, 7) is 10.8. The number of esters is 1. The first-order valence-corrected chi connectivity index (χ1v) is 17.6. The summed E-state index contributed by atoms with van der Waals surface area (Å²) >= 11 is 0. The average Bonchev–Trinajstić information content (AvgIpc) is 3.14. The third kappa shape index (κ3) is 14.5. The molecule has 0 saturated carbocycles. The second-order valence-corrected chi connectivity index (χ2v) is 12.2. The van der Waals surface area contributed by atoms with E-state index in [4.69, 9.17) is 28.8 Å². The van der Waals surface area contributed by atoms with E-state index in [9.17, 15) is 19.8 Å². The van der Waals surface area contributed by atoms with E-state index in [1.54, 1.807) is 26.0 Å². The molecule has 0 spiro atoms. The van der Waals surface area contributed by atoms with Crippen molar-refractivity contribution in [3.63, 3.8) is 0 Å². The fourth-order valence-electron chi connectivity index (χ4n) is 5.23. The van der Waals surface area contributed by atoms with Crippen molar-refractivity contribution in [1.82, 2.24) is 0 Å². The molecule has 0 aliphatic heterocycles. The third-order valence-electron chi connectivity index (χ3n) is 7.92. The molecular weight excluding hydrogens is 664 g/mol. The second-order valence-electron chi connectivity index (χ2n) is 12.2. The molecule has 0 fully saturated rings. The normalized spacial score (nSPS) is 13.1. The van der Waals surface area contributed by atoms with Gasteiger partial charge in [0.15, 0.2) is 12.2 Å². The van der Waals surface area contributed by atoms with Crippen molar-refractivity contribution in [2.45, 2.75) is 71.9 Å². The lowest BCUT2D eigenvalue weighted by Gasteiger charge is -2.16. The Morgan fingerprint density at radius 3 is 1.40 bits per heavy atom. The van der Waals surface area contributed by atoms with Crippen molar-refractivity contribution in [2.75, 3.05) is 33.0 Å². The minimum Gasteiger partial charge on any atom is -0.491 e. The number of carbonyl (C=O) groups is 2. The Labute approximate surface area is 306 Å². The zero-order valence-electron chi connectivity index (χ0n) is 30.7.